The number of fused-ring (bicyclic) bond motifs is 1. The van der Waals surface area contributed by atoms with Crippen molar-refractivity contribution >= 4 is 22.5 Å². The quantitative estimate of drug-likeness (QED) is 0.766. The number of anilines is 1. The second-order valence-corrected chi connectivity index (χ2v) is 5.73. The molecule has 1 atom stereocenters. The summed E-state index contributed by atoms with van der Waals surface area (Å²) in [6.07, 6.45) is 1.07. The number of rotatable bonds is 5. The van der Waals surface area contributed by atoms with Crippen LogP contribution < -0.4 is 14.8 Å². The van der Waals surface area contributed by atoms with Crippen molar-refractivity contribution in [2.45, 2.75) is 20.0 Å². The Morgan fingerprint density at radius 3 is 2.60 bits per heavy atom. The van der Waals surface area contributed by atoms with Gasteiger partial charge in [-0.25, -0.2) is 0 Å². The number of hydrogen-bond acceptors (Lipinski definition) is 4. The van der Waals surface area contributed by atoms with Crippen LogP contribution in [-0.4, -0.2) is 24.1 Å². The molecule has 3 rings (SSSR count). The minimum Gasteiger partial charge on any atom is -0.493 e. The Bertz CT molecular complexity index is 908. The van der Waals surface area contributed by atoms with Crippen LogP contribution in [0.3, 0.4) is 0 Å². The van der Waals surface area contributed by atoms with Gasteiger partial charge in [0.05, 0.1) is 18.3 Å². The van der Waals surface area contributed by atoms with Gasteiger partial charge in [0.15, 0.2) is 17.6 Å². The number of benzene rings is 2. The Kier molecular flexibility index (Phi) is 4.84. The van der Waals surface area contributed by atoms with E-state index in [0.717, 1.165) is 16.5 Å². The van der Waals surface area contributed by atoms with Crippen molar-refractivity contribution in [1.29, 1.82) is 0 Å². The van der Waals surface area contributed by atoms with Gasteiger partial charge in [-0.05, 0) is 49.7 Å². The summed E-state index contributed by atoms with van der Waals surface area (Å²) in [4.78, 5) is 16.9. The average Bonchev–Trinajstić information content (AvgIpc) is 2.64. The normalized spacial score (nSPS) is 11.8. The van der Waals surface area contributed by atoms with Gasteiger partial charge in [0, 0.05) is 11.6 Å². The summed E-state index contributed by atoms with van der Waals surface area (Å²) in [7, 11) is 1.57. The first kappa shape index (κ1) is 16.8. The molecule has 1 N–H and O–H groups in total. The Labute approximate surface area is 146 Å². The highest BCUT2D eigenvalue weighted by Crippen LogP contribution is 2.28. The molecule has 0 saturated heterocycles. The molecule has 0 saturated carbocycles. The van der Waals surface area contributed by atoms with Crippen LogP contribution in [0.25, 0.3) is 10.9 Å². The van der Waals surface area contributed by atoms with E-state index in [9.17, 15) is 4.79 Å². The molecule has 1 heterocycles. The fourth-order valence-electron chi connectivity index (χ4n) is 2.62. The van der Waals surface area contributed by atoms with E-state index in [1.54, 1.807) is 32.4 Å². The SMILES string of the molecule is COc1ccccc1O[C@@H](C)C(=O)Nc1ccc(C)c2ncccc12. The number of pyridine rings is 1. The minimum atomic E-state index is -0.677. The molecule has 1 amide bonds. The van der Waals surface area contributed by atoms with Gasteiger partial charge in [-0.2, -0.15) is 0 Å². The molecule has 0 radical (unpaired) electrons. The first-order valence-corrected chi connectivity index (χ1v) is 8.05. The number of methoxy groups -OCH3 is 1. The lowest BCUT2D eigenvalue weighted by Crippen LogP contribution is -2.30. The van der Waals surface area contributed by atoms with Gasteiger partial charge in [0.2, 0.25) is 0 Å². The van der Waals surface area contributed by atoms with Gasteiger partial charge in [-0.15, -0.1) is 0 Å². The number of hydrogen-bond donors (Lipinski definition) is 1. The summed E-state index contributed by atoms with van der Waals surface area (Å²) in [6.45, 7) is 3.70. The smallest absolute Gasteiger partial charge is 0.265 e. The Morgan fingerprint density at radius 2 is 1.84 bits per heavy atom. The standard InChI is InChI=1S/C20H20N2O3/c1-13-10-11-16(15-7-6-12-21-19(13)15)22-20(23)14(2)25-18-9-5-4-8-17(18)24-3/h4-12,14H,1-3H3,(H,22,23)/t14-/m0/s1. The predicted octanol–water partition coefficient (Wildman–Crippen LogP) is 3.96. The molecule has 3 aromatic rings. The van der Waals surface area contributed by atoms with Crippen LogP contribution >= 0.6 is 0 Å². The van der Waals surface area contributed by atoms with Crippen LogP contribution in [0.15, 0.2) is 54.7 Å². The van der Waals surface area contributed by atoms with E-state index >= 15 is 0 Å². The molecule has 0 aliphatic rings. The Hall–Kier alpha value is -3.08. The summed E-state index contributed by atoms with van der Waals surface area (Å²) < 4.78 is 11.0. The Balaban J connectivity index is 1.79. The third-order valence-electron chi connectivity index (χ3n) is 3.97. The first-order valence-electron chi connectivity index (χ1n) is 8.05. The number of para-hydroxylation sites is 2. The molecular formula is C20H20N2O3. The van der Waals surface area contributed by atoms with Gasteiger partial charge in [0.1, 0.15) is 0 Å². The molecule has 0 aliphatic heterocycles. The molecule has 5 nitrogen and oxygen atoms in total. The Morgan fingerprint density at radius 1 is 1.08 bits per heavy atom. The van der Waals surface area contributed by atoms with E-state index in [1.165, 1.54) is 0 Å². The third kappa shape index (κ3) is 3.55. The highest BCUT2D eigenvalue weighted by Gasteiger charge is 2.18. The molecule has 2 aromatic carbocycles. The van der Waals surface area contributed by atoms with Crippen molar-refractivity contribution in [3.63, 3.8) is 0 Å². The number of aryl methyl sites for hydroxylation is 1. The summed E-state index contributed by atoms with van der Waals surface area (Å²) in [6, 6.07) is 14.9. The van der Waals surface area contributed by atoms with E-state index < -0.39 is 6.10 Å². The van der Waals surface area contributed by atoms with Crippen LogP contribution in [0, 0.1) is 6.92 Å². The molecule has 0 unspecified atom stereocenters. The highest BCUT2D eigenvalue weighted by molar-refractivity contribution is 6.03. The fraction of sp³-hybridized carbons (Fsp3) is 0.200. The van der Waals surface area contributed by atoms with Crippen LogP contribution in [0.4, 0.5) is 5.69 Å². The maximum Gasteiger partial charge on any atom is 0.265 e. The molecule has 0 fully saturated rings. The van der Waals surface area contributed by atoms with E-state index in [4.69, 9.17) is 9.47 Å². The van der Waals surface area contributed by atoms with Crippen LogP contribution in [0.2, 0.25) is 0 Å². The molecule has 0 bridgehead atoms. The summed E-state index contributed by atoms with van der Waals surface area (Å²) >= 11 is 0. The number of carbonyl (C=O) groups excluding carboxylic acids is 1. The second-order valence-electron chi connectivity index (χ2n) is 5.73. The minimum absolute atomic E-state index is 0.236. The van der Waals surface area contributed by atoms with Gasteiger partial charge in [0.25, 0.3) is 5.91 Å². The number of nitrogens with one attached hydrogen (secondary N) is 1. The van der Waals surface area contributed by atoms with Crippen LogP contribution in [0.1, 0.15) is 12.5 Å². The number of nitrogens with zero attached hydrogens (tertiary/aromatic N) is 1. The van der Waals surface area contributed by atoms with Gasteiger partial charge >= 0.3 is 0 Å². The largest absolute Gasteiger partial charge is 0.493 e. The summed E-state index contributed by atoms with van der Waals surface area (Å²) in [5.41, 5.74) is 2.65. The lowest BCUT2D eigenvalue weighted by Gasteiger charge is -2.17. The van der Waals surface area contributed by atoms with Crippen molar-refractivity contribution in [2.24, 2.45) is 0 Å². The van der Waals surface area contributed by atoms with Crippen molar-refractivity contribution in [2.75, 3.05) is 12.4 Å². The fourth-order valence-corrected chi connectivity index (χ4v) is 2.62. The molecule has 0 aliphatic carbocycles. The summed E-state index contributed by atoms with van der Waals surface area (Å²) in [5.74, 6) is 0.884. The van der Waals surface area contributed by atoms with Crippen molar-refractivity contribution in [1.82, 2.24) is 4.98 Å². The molecule has 0 spiro atoms. The molecule has 5 heteroatoms. The average molecular weight is 336 g/mol. The van der Waals surface area contributed by atoms with Crippen molar-refractivity contribution < 1.29 is 14.3 Å². The van der Waals surface area contributed by atoms with E-state index in [1.807, 2.05) is 43.3 Å². The third-order valence-corrected chi connectivity index (χ3v) is 3.97. The zero-order valence-corrected chi connectivity index (χ0v) is 14.4. The van der Waals surface area contributed by atoms with Crippen molar-refractivity contribution in [3.8, 4) is 11.5 Å². The van der Waals surface area contributed by atoms with Gasteiger partial charge < -0.3 is 14.8 Å². The number of amides is 1. The lowest BCUT2D eigenvalue weighted by atomic mass is 10.1. The van der Waals surface area contributed by atoms with Crippen LogP contribution in [0.5, 0.6) is 11.5 Å². The number of ether oxygens (including phenoxy) is 2. The van der Waals surface area contributed by atoms with E-state index in [0.29, 0.717) is 17.2 Å². The van der Waals surface area contributed by atoms with E-state index in [2.05, 4.69) is 10.3 Å². The maximum absolute atomic E-state index is 12.5. The maximum atomic E-state index is 12.5. The zero-order valence-electron chi connectivity index (χ0n) is 14.4. The predicted molar refractivity (Wildman–Crippen MR) is 98.2 cm³/mol. The molecule has 128 valence electrons. The molecule has 25 heavy (non-hydrogen) atoms. The van der Waals surface area contributed by atoms with Crippen molar-refractivity contribution in [3.05, 3.63) is 60.3 Å². The van der Waals surface area contributed by atoms with E-state index in [-0.39, 0.29) is 5.91 Å². The number of carbonyl (C=O) groups is 1. The molecule has 1 aromatic heterocycles. The van der Waals surface area contributed by atoms with Gasteiger partial charge in [-0.3, -0.25) is 9.78 Å². The van der Waals surface area contributed by atoms with Gasteiger partial charge in [-0.1, -0.05) is 18.2 Å². The monoisotopic (exact) mass is 336 g/mol. The second kappa shape index (κ2) is 7.21. The topological polar surface area (TPSA) is 60.5 Å². The number of aromatic nitrogens is 1. The zero-order chi connectivity index (χ0) is 17.8. The van der Waals surface area contributed by atoms with Crippen LogP contribution in [-0.2, 0) is 4.79 Å². The molecular weight excluding hydrogens is 316 g/mol. The lowest BCUT2D eigenvalue weighted by molar-refractivity contribution is -0.122. The summed E-state index contributed by atoms with van der Waals surface area (Å²) in [5, 5.41) is 3.83. The first-order chi connectivity index (χ1) is 12.1. The highest BCUT2D eigenvalue weighted by atomic mass is 16.5.